The molecule has 3 rings (SSSR count). The number of rotatable bonds is 5. The van der Waals surface area contributed by atoms with Gasteiger partial charge in [-0.25, -0.2) is 9.78 Å². The van der Waals surface area contributed by atoms with E-state index in [-0.39, 0.29) is 12.1 Å². The Morgan fingerprint density at radius 2 is 2.03 bits per heavy atom. The number of carbonyl (C=O) groups excluding carboxylic acids is 1. The fourth-order valence-corrected chi connectivity index (χ4v) is 3.71. The van der Waals surface area contributed by atoms with Crippen molar-refractivity contribution in [2.24, 2.45) is 0 Å². The number of carbonyl (C=O) groups is 1. The molecule has 1 aliphatic heterocycles. The van der Waals surface area contributed by atoms with Crippen LogP contribution in [0.2, 0.25) is 5.02 Å². The van der Waals surface area contributed by atoms with Crippen LogP contribution in [0.3, 0.4) is 0 Å². The van der Waals surface area contributed by atoms with Gasteiger partial charge in [-0.3, -0.25) is 4.98 Å². The summed E-state index contributed by atoms with van der Waals surface area (Å²) in [5, 5.41) is 3.60. The SMILES string of the molecule is COc1ccc2ncc(Cl)c(CCN3CCC(NC(=O)OC(C)(C)C)CC3)c2n1. The van der Waals surface area contributed by atoms with Crippen LogP contribution >= 0.6 is 11.6 Å². The van der Waals surface area contributed by atoms with E-state index in [9.17, 15) is 4.79 Å². The highest BCUT2D eigenvalue weighted by molar-refractivity contribution is 6.32. The van der Waals surface area contributed by atoms with Gasteiger partial charge in [-0.1, -0.05) is 11.6 Å². The smallest absolute Gasteiger partial charge is 0.407 e. The molecule has 7 nitrogen and oxygen atoms in total. The minimum Gasteiger partial charge on any atom is -0.481 e. The van der Waals surface area contributed by atoms with E-state index in [1.807, 2.05) is 26.8 Å². The van der Waals surface area contributed by atoms with Crippen LogP contribution in [-0.4, -0.2) is 59.3 Å². The number of nitrogens with one attached hydrogen (secondary N) is 1. The lowest BCUT2D eigenvalue weighted by Gasteiger charge is -2.32. The predicted molar refractivity (Wildman–Crippen MR) is 114 cm³/mol. The van der Waals surface area contributed by atoms with Crippen molar-refractivity contribution in [3.63, 3.8) is 0 Å². The van der Waals surface area contributed by atoms with Gasteiger partial charge < -0.3 is 19.7 Å². The summed E-state index contributed by atoms with van der Waals surface area (Å²) in [4.78, 5) is 23.2. The van der Waals surface area contributed by atoms with E-state index >= 15 is 0 Å². The molecule has 0 aromatic carbocycles. The number of methoxy groups -OCH3 is 1. The summed E-state index contributed by atoms with van der Waals surface area (Å²) in [7, 11) is 1.60. The minimum absolute atomic E-state index is 0.150. The number of aromatic nitrogens is 2. The number of hydrogen-bond acceptors (Lipinski definition) is 6. The number of nitrogens with zero attached hydrogens (tertiary/aromatic N) is 3. The molecule has 2 aromatic rings. The minimum atomic E-state index is -0.478. The van der Waals surface area contributed by atoms with E-state index in [2.05, 4.69) is 20.2 Å². The average Bonchev–Trinajstić information content (AvgIpc) is 2.66. The maximum atomic E-state index is 11.9. The molecule has 3 heterocycles. The fourth-order valence-electron chi connectivity index (χ4n) is 3.47. The first-order chi connectivity index (χ1) is 13.7. The van der Waals surface area contributed by atoms with Crippen LogP contribution in [0.1, 0.15) is 39.2 Å². The van der Waals surface area contributed by atoms with Gasteiger partial charge in [0, 0.05) is 43.5 Å². The second-order valence-corrected chi connectivity index (χ2v) is 8.73. The van der Waals surface area contributed by atoms with E-state index in [0.717, 1.165) is 55.5 Å². The molecule has 0 atom stereocenters. The van der Waals surface area contributed by atoms with Crippen LogP contribution in [-0.2, 0) is 11.2 Å². The third-order valence-corrected chi connectivity index (χ3v) is 5.26. The van der Waals surface area contributed by atoms with Gasteiger partial charge in [0.05, 0.1) is 23.2 Å². The van der Waals surface area contributed by atoms with Crippen LogP contribution in [0.15, 0.2) is 18.3 Å². The van der Waals surface area contributed by atoms with Crippen molar-refractivity contribution in [1.29, 1.82) is 0 Å². The molecule has 0 aliphatic carbocycles. The summed E-state index contributed by atoms with van der Waals surface area (Å²) >= 11 is 6.43. The Kier molecular flexibility index (Phi) is 6.80. The summed E-state index contributed by atoms with van der Waals surface area (Å²) in [5.41, 5.74) is 2.11. The number of hydrogen-bond donors (Lipinski definition) is 1. The number of likely N-dealkylation sites (tertiary alicyclic amines) is 1. The van der Waals surface area contributed by atoms with Gasteiger partial charge in [0.1, 0.15) is 5.60 Å². The van der Waals surface area contributed by atoms with Crippen molar-refractivity contribution in [2.45, 2.75) is 51.7 Å². The normalized spacial score (nSPS) is 16.0. The molecule has 1 fully saturated rings. The Labute approximate surface area is 176 Å². The van der Waals surface area contributed by atoms with Gasteiger partial charge >= 0.3 is 6.09 Å². The molecule has 29 heavy (non-hydrogen) atoms. The zero-order chi connectivity index (χ0) is 21.0. The molecule has 0 spiro atoms. The zero-order valence-electron chi connectivity index (χ0n) is 17.5. The summed E-state index contributed by atoms with van der Waals surface area (Å²) in [6, 6.07) is 3.85. The highest BCUT2D eigenvalue weighted by Gasteiger charge is 2.24. The van der Waals surface area contributed by atoms with Gasteiger partial charge in [-0.2, -0.15) is 0 Å². The number of fused-ring (bicyclic) bond motifs is 1. The highest BCUT2D eigenvalue weighted by Crippen LogP contribution is 2.26. The van der Waals surface area contributed by atoms with Gasteiger partial charge in [0.15, 0.2) is 0 Å². The molecule has 1 saturated heterocycles. The maximum Gasteiger partial charge on any atom is 0.407 e. The number of pyridine rings is 2. The van der Waals surface area contributed by atoms with Gasteiger partial charge in [0.25, 0.3) is 0 Å². The Morgan fingerprint density at radius 1 is 1.31 bits per heavy atom. The largest absolute Gasteiger partial charge is 0.481 e. The van der Waals surface area contributed by atoms with Crippen LogP contribution in [0.25, 0.3) is 11.0 Å². The number of piperidine rings is 1. The molecule has 8 heteroatoms. The first-order valence-electron chi connectivity index (χ1n) is 9.95. The summed E-state index contributed by atoms with van der Waals surface area (Å²) in [6.07, 6.45) is 3.92. The van der Waals surface area contributed by atoms with Crippen LogP contribution in [0, 0.1) is 0 Å². The van der Waals surface area contributed by atoms with Crippen molar-refractivity contribution in [3.05, 3.63) is 28.9 Å². The molecular weight excluding hydrogens is 392 g/mol. The summed E-state index contributed by atoms with van der Waals surface area (Å²) in [5.74, 6) is 0.553. The van der Waals surface area contributed by atoms with Crippen molar-refractivity contribution in [3.8, 4) is 5.88 Å². The second kappa shape index (κ2) is 9.13. The molecular formula is C21H29ClN4O3. The van der Waals surface area contributed by atoms with Crippen LogP contribution in [0.5, 0.6) is 5.88 Å². The maximum absolute atomic E-state index is 11.9. The number of amides is 1. The third kappa shape index (κ3) is 5.93. The second-order valence-electron chi connectivity index (χ2n) is 8.32. The van der Waals surface area contributed by atoms with Gasteiger partial charge in [0.2, 0.25) is 5.88 Å². The van der Waals surface area contributed by atoms with Crippen molar-refractivity contribution in [1.82, 2.24) is 20.2 Å². The Hall–Kier alpha value is -2.12. The number of alkyl carbamates (subject to hydrolysis) is 1. The van der Waals surface area contributed by atoms with E-state index in [1.165, 1.54) is 0 Å². The van der Waals surface area contributed by atoms with Crippen molar-refractivity contribution >= 4 is 28.7 Å². The average molecular weight is 421 g/mol. The monoisotopic (exact) mass is 420 g/mol. The lowest BCUT2D eigenvalue weighted by molar-refractivity contribution is 0.0479. The number of ether oxygens (including phenoxy) is 2. The Balaban J connectivity index is 1.56. The molecule has 1 N–H and O–H groups in total. The van der Waals surface area contributed by atoms with E-state index in [4.69, 9.17) is 21.1 Å². The fraction of sp³-hybridized carbons (Fsp3) is 0.571. The van der Waals surface area contributed by atoms with E-state index in [0.29, 0.717) is 10.9 Å². The molecule has 0 radical (unpaired) electrons. The highest BCUT2D eigenvalue weighted by atomic mass is 35.5. The lowest BCUT2D eigenvalue weighted by atomic mass is 10.0. The Bertz CT molecular complexity index is 861. The van der Waals surface area contributed by atoms with Crippen molar-refractivity contribution < 1.29 is 14.3 Å². The van der Waals surface area contributed by atoms with Gasteiger partial charge in [-0.05, 0) is 46.1 Å². The topological polar surface area (TPSA) is 76.6 Å². The molecule has 0 unspecified atom stereocenters. The quantitative estimate of drug-likeness (QED) is 0.792. The van der Waals surface area contributed by atoms with E-state index in [1.54, 1.807) is 19.4 Å². The molecule has 0 saturated carbocycles. The standard InChI is InChI=1S/C21H29ClN4O3/c1-21(2,3)29-20(27)24-14-7-10-26(11-8-14)12-9-15-16(22)13-23-17-5-6-18(28-4)25-19(15)17/h5-6,13-14H,7-12H2,1-4H3,(H,24,27). The van der Waals surface area contributed by atoms with Crippen LogP contribution in [0.4, 0.5) is 4.79 Å². The lowest BCUT2D eigenvalue weighted by Crippen LogP contribution is -2.46. The van der Waals surface area contributed by atoms with Crippen LogP contribution < -0.4 is 10.1 Å². The first-order valence-corrected chi connectivity index (χ1v) is 10.3. The third-order valence-electron chi connectivity index (χ3n) is 4.94. The van der Waals surface area contributed by atoms with Gasteiger partial charge in [-0.15, -0.1) is 0 Å². The first kappa shape index (κ1) is 21.6. The van der Waals surface area contributed by atoms with E-state index < -0.39 is 5.60 Å². The zero-order valence-corrected chi connectivity index (χ0v) is 18.3. The van der Waals surface area contributed by atoms with Crippen molar-refractivity contribution in [2.75, 3.05) is 26.7 Å². The summed E-state index contributed by atoms with van der Waals surface area (Å²) < 4.78 is 10.6. The molecule has 158 valence electrons. The molecule has 0 bridgehead atoms. The predicted octanol–water partition coefficient (Wildman–Crippen LogP) is 3.82. The Morgan fingerprint density at radius 3 is 2.69 bits per heavy atom. The summed E-state index contributed by atoms with van der Waals surface area (Å²) in [6.45, 7) is 8.31. The molecule has 2 aromatic heterocycles. The molecule has 1 amide bonds. The molecule has 1 aliphatic rings. The number of halogens is 1.